The molecule has 2 rings (SSSR count). The maximum Gasteiger partial charge on any atom is 0.244 e. The van der Waals surface area contributed by atoms with E-state index in [0.29, 0.717) is 18.2 Å². The van der Waals surface area contributed by atoms with Crippen molar-refractivity contribution in [2.45, 2.75) is 31.3 Å². The van der Waals surface area contributed by atoms with Gasteiger partial charge in [0.25, 0.3) is 0 Å². The summed E-state index contributed by atoms with van der Waals surface area (Å²) in [5.41, 5.74) is 0. The van der Waals surface area contributed by atoms with E-state index in [1.165, 1.54) is 6.07 Å². The summed E-state index contributed by atoms with van der Waals surface area (Å²) in [6.07, 6.45) is 2.18. The first-order valence-electron chi connectivity index (χ1n) is 5.23. The molecule has 0 saturated heterocycles. The Kier molecular flexibility index (Phi) is 3.05. The fourth-order valence-electron chi connectivity index (χ4n) is 1.50. The second kappa shape index (κ2) is 4.20. The zero-order chi connectivity index (χ0) is 11.8. The van der Waals surface area contributed by atoms with Gasteiger partial charge in [0.15, 0.2) is 0 Å². The predicted molar refractivity (Wildman–Crippen MR) is 57.3 cm³/mol. The average Bonchev–Trinajstić information content (AvgIpc) is 2.98. The lowest BCUT2D eigenvalue weighted by molar-refractivity contribution is 0.244. The van der Waals surface area contributed by atoms with Crippen molar-refractivity contribution in [2.24, 2.45) is 5.92 Å². The topological polar surface area (TPSA) is 79.5 Å². The highest BCUT2D eigenvalue weighted by atomic mass is 32.2. The van der Waals surface area contributed by atoms with Crippen LogP contribution in [-0.2, 0) is 16.6 Å². The maximum atomic E-state index is 11.9. The summed E-state index contributed by atoms with van der Waals surface area (Å²) in [5.74, 6) is 1.07. The van der Waals surface area contributed by atoms with Crippen LogP contribution in [0.5, 0.6) is 0 Å². The molecule has 1 aromatic rings. The van der Waals surface area contributed by atoms with Crippen LogP contribution in [0.3, 0.4) is 0 Å². The Morgan fingerprint density at radius 2 is 2.25 bits per heavy atom. The number of aliphatic hydroxyl groups is 1. The minimum absolute atomic E-state index is 0.122. The molecule has 1 aromatic heterocycles. The van der Waals surface area contributed by atoms with Gasteiger partial charge in [0.2, 0.25) is 10.0 Å². The number of aryl methyl sites for hydroxylation is 1. The van der Waals surface area contributed by atoms with Crippen LogP contribution >= 0.6 is 0 Å². The summed E-state index contributed by atoms with van der Waals surface area (Å²) < 4.78 is 31.4. The second-order valence-corrected chi connectivity index (χ2v) is 5.82. The minimum Gasteiger partial charge on any atom is -0.462 e. The van der Waals surface area contributed by atoms with E-state index < -0.39 is 10.0 Å². The first-order chi connectivity index (χ1) is 7.53. The Bertz CT molecular complexity index is 473. The molecule has 0 aliphatic heterocycles. The van der Waals surface area contributed by atoms with Gasteiger partial charge >= 0.3 is 0 Å². The van der Waals surface area contributed by atoms with Crippen molar-refractivity contribution in [3.05, 3.63) is 17.6 Å². The summed E-state index contributed by atoms with van der Waals surface area (Å²) in [5, 5.41) is 8.86. The Labute approximate surface area is 94.5 Å². The van der Waals surface area contributed by atoms with Crippen LogP contribution in [0.1, 0.15) is 24.4 Å². The molecule has 0 radical (unpaired) electrons. The lowest BCUT2D eigenvalue weighted by Crippen LogP contribution is -2.26. The van der Waals surface area contributed by atoms with E-state index in [4.69, 9.17) is 9.52 Å². The number of hydrogen-bond donors (Lipinski definition) is 2. The molecule has 1 aliphatic rings. The first kappa shape index (κ1) is 11.6. The van der Waals surface area contributed by atoms with Crippen molar-refractivity contribution in [1.29, 1.82) is 0 Å². The molecule has 1 heterocycles. The summed E-state index contributed by atoms with van der Waals surface area (Å²) in [4.78, 5) is 0.122. The third-order valence-electron chi connectivity index (χ3n) is 2.63. The van der Waals surface area contributed by atoms with Gasteiger partial charge in [-0.1, -0.05) is 0 Å². The van der Waals surface area contributed by atoms with Crippen LogP contribution in [-0.4, -0.2) is 20.1 Å². The smallest absolute Gasteiger partial charge is 0.244 e. The van der Waals surface area contributed by atoms with E-state index >= 15 is 0 Å². The van der Waals surface area contributed by atoms with Gasteiger partial charge in [0.1, 0.15) is 23.0 Å². The van der Waals surface area contributed by atoms with Crippen molar-refractivity contribution in [3.8, 4) is 0 Å². The molecular formula is C10H15NO4S. The normalized spacial score (nSPS) is 16.6. The minimum atomic E-state index is -3.49. The van der Waals surface area contributed by atoms with Crippen LogP contribution in [0.15, 0.2) is 15.4 Å². The number of sulfonamides is 1. The maximum absolute atomic E-state index is 11.9. The van der Waals surface area contributed by atoms with E-state index in [0.717, 1.165) is 12.8 Å². The lowest BCUT2D eigenvalue weighted by atomic mass is 10.4. The zero-order valence-electron chi connectivity index (χ0n) is 9.06. The number of furan rings is 1. The van der Waals surface area contributed by atoms with Crippen LogP contribution in [0.25, 0.3) is 0 Å². The fourth-order valence-corrected chi connectivity index (χ4v) is 2.81. The largest absolute Gasteiger partial charge is 0.462 e. The van der Waals surface area contributed by atoms with Gasteiger partial charge in [-0.15, -0.1) is 0 Å². The van der Waals surface area contributed by atoms with Crippen molar-refractivity contribution < 1.29 is 17.9 Å². The molecule has 2 N–H and O–H groups in total. The Balaban J connectivity index is 2.16. The predicted octanol–water partition coefficient (Wildman–Crippen LogP) is 0.769. The molecule has 0 amide bonds. The average molecular weight is 245 g/mol. The monoisotopic (exact) mass is 245 g/mol. The van der Waals surface area contributed by atoms with Crippen LogP contribution in [0.2, 0.25) is 0 Å². The quantitative estimate of drug-likeness (QED) is 0.803. The molecule has 1 saturated carbocycles. The number of rotatable bonds is 5. The molecular weight excluding hydrogens is 230 g/mol. The van der Waals surface area contributed by atoms with E-state index in [9.17, 15) is 8.42 Å². The van der Waals surface area contributed by atoms with Crippen molar-refractivity contribution >= 4 is 10.0 Å². The zero-order valence-corrected chi connectivity index (χ0v) is 9.88. The van der Waals surface area contributed by atoms with Gasteiger partial charge in [0.05, 0.1) is 0 Å². The van der Waals surface area contributed by atoms with Crippen LogP contribution in [0.4, 0.5) is 0 Å². The second-order valence-electron chi connectivity index (χ2n) is 4.09. The molecule has 16 heavy (non-hydrogen) atoms. The number of nitrogens with one attached hydrogen (secondary N) is 1. The molecule has 0 atom stereocenters. The molecule has 6 heteroatoms. The highest BCUT2D eigenvalue weighted by molar-refractivity contribution is 7.89. The van der Waals surface area contributed by atoms with Crippen molar-refractivity contribution in [1.82, 2.24) is 4.72 Å². The third kappa shape index (κ3) is 2.45. The molecule has 1 aliphatic carbocycles. The number of hydrogen-bond acceptors (Lipinski definition) is 4. The van der Waals surface area contributed by atoms with Gasteiger partial charge in [-0.2, -0.15) is 0 Å². The molecule has 90 valence electrons. The molecule has 0 spiro atoms. The van der Waals surface area contributed by atoms with E-state index in [2.05, 4.69) is 4.72 Å². The van der Waals surface area contributed by atoms with E-state index in [1.54, 1.807) is 6.92 Å². The summed E-state index contributed by atoms with van der Waals surface area (Å²) in [6.45, 7) is 1.77. The highest BCUT2D eigenvalue weighted by Gasteiger charge is 2.26. The molecule has 0 unspecified atom stereocenters. The SMILES string of the molecule is Cc1oc(CO)cc1S(=O)(=O)NCC1CC1. The van der Waals surface area contributed by atoms with Gasteiger partial charge in [0, 0.05) is 12.6 Å². The summed E-state index contributed by atoms with van der Waals surface area (Å²) in [6, 6.07) is 1.37. The van der Waals surface area contributed by atoms with Crippen molar-refractivity contribution in [3.63, 3.8) is 0 Å². The molecule has 0 aromatic carbocycles. The molecule has 5 nitrogen and oxygen atoms in total. The highest BCUT2D eigenvalue weighted by Crippen LogP contribution is 2.28. The molecule has 0 bridgehead atoms. The molecule has 1 fully saturated rings. The fraction of sp³-hybridized carbons (Fsp3) is 0.600. The van der Waals surface area contributed by atoms with E-state index in [-0.39, 0.29) is 17.3 Å². The summed E-state index contributed by atoms with van der Waals surface area (Å²) >= 11 is 0. The van der Waals surface area contributed by atoms with Gasteiger partial charge in [-0.25, -0.2) is 13.1 Å². The Morgan fingerprint density at radius 3 is 2.75 bits per heavy atom. The standard InChI is InChI=1S/C10H15NO4S/c1-7-10(4-9(6-12)15-7)16(13,14)11-5-8-2-3-8/h4,8,11-12H,2-3,5-6H2,1H3. The Hall–Kier alpha value is -0.850. The van der Waals surface area contributed by atoms with Crippen LogP contribution in [0, 0.1) is 12.8 Å². The lowest BCUT2D eigenvalue weighted by Gasteiger charge is -2.03. The van der Waals surface area contributed by atoms with Gasteiger partial charge in [-0.3, -0.25) is 0 Å². The summed E-state index contributed by atoms with van der Waals surface area (Å²) in [7, 11) is -3.49. The van der Waals surface area contributed by atoms with Gasteiger partial charge < -0.3 is 9.52 Å². The Morgan fingerprint density at radius 1 is 1.56 bits per heavy atom. The first-order valence-corrected chi connectivity index (χ1v) is 6.71. The third-order valence-corrected chi connectivity index (χ3v) is 4.16. The van der Waals surface area contributed by atoms with Crippen LogP contribution < -0.4 is 4.72 Å². The van der Waals surface area contributed by atoms with E-state index in [1.807, 2.05) is 0 Å². The van der Waals surface area contributed by atoms with Crippen molar-refractivity contribution in [2.75, 3.05) is 6.54 Å². The number of aliphatic hydroxyl groups excluding tert-OH is 1. The van der Waals surface area contributed by atoms with Gasteiger partial charge in [-0.05, 0) is 25.7 Å².